The first-order valence-electron chi connectivity index (χ1n) is 3.25. The molecule has 2 nitrogen and oxygen atoms in total. The van der Waals surface area contributed by atoms with Crippen LogP contribution in [0.4, 0.5) is 0 Å². The molecule has 0 unspecified atom stereocenters. The maximum Gasteiger partial charge on any atom is 0.246 e. The standard InChI is InChI=1S/C7H11NO/c1-8-7(9)6-4-2-3-5-6/h4H,2-3,5H2,1H3,(H,8,9). The summed E-state index contributed by atoms with van der Waals surface area (Å²) in [4.78, 5) is 10.8. The van der Waals surface area contributed by atoms with E-state index in [1.807, 2.05) is 6.08 Å². The number of carbonyl (C=O) groups is 1. The van der Waals surface area contributed by atoms with Gasteiger partial charge in [-0.25, -0.2) is 0 Å². The maximum absolute atomic E-state index is 10.8. The number of likely N-dealkylation sites (N-methyl/N-ethyl adjacent to an activating group) is 1. The largest absolute Gasteiger partial charge is 0.355 e. The van der Waals surface area contributed by atoms with E-state index in [2.05, 4.69) is 5.32 Å². The summed E-state index contributed by atoms with van der Waals surface area (Å²) in [6, 6.07) is 0. The number of amides is 1. The fourth-order valence-electron chi connectivity index (χ4n) is 1.04. The quantitative estimate of drug-likeness (QED) is 0.553. The molecule has 0 radical (unpaired) electrons. The molecular formula is C7H11NO. The Bertz CT molecular complexity index is 149. The van der Waals surface area contributed by atoms with E-state index in [-0.39, 0.29) is 5.91 Å². The molecule has 0 aromatic heterocycles. The van der Waals surface area contributed by atoms with Gasteiger partial charge in [-0.1, -0.05) is 6.08 Å². The molecule has 1 N–H and O–H groups in total. The monoisotopic (exact) mass is 125 g/mol. The number of nitrogens with one attached hydrogen (secondary N) is 1. The first-order valence-corrected chi connectivity index (χ1v) is 3.25. The lowest BCUT2D eigenvalue weighted by atomic mass is 10.2. The van der Waals surface area contributed by atoms with E-state index < -0.39 is 0 Å². The zero-order valence-corrected chi connectivity index (χ0v) is 5.61. The highest BCUT2D eigenvalue weighted by molar-refractivity contribution is 5.93. The van der Waals surface area contributed by atoms with Crippen LogP contribution in [0.3, 0.4) is 0 Å². The number of allylic oxidation sites excluding steroid dienone is 1. The summed E-state index contributed by atoms with van der Waals surface area (Å²) < 4.78 is 0. The van der Waals surface area contributed by atoms with E-state index in [0.717, 1.165) is 24.8 Å². The molecule has 1 rings (SSSR count). The smallest absolute Gasteiger partial charge is 0.246 e. The number of hydrogen-bond donors (Lipinski definition) is 1. The highest BCUT2D eigenvalue weighted by Crippen LogP contribution is 2.16. The molecule has 0 atom stereocenters. The lowest BCUT2D eigenvalue weighted by molar-refractivity contribution is -0.117. The van der Waals surface area contributed by atoms with Crippen molar-refractivity contribution in [2.45, 2.75) is 19.3 Å². The topological polar surface area (TPSA) is 29.1 Å². The normalized spacial score (nSPS) is 17.2. The van der Waals surface area contributed by atoms with Crippen LogP contribution < -0.4 is 5.32 Å². The molecular weight excluding hydrogens is 114 g/mol. The van der Waals surface area contributed by atoms with E-state index in [0.29, 0.717) is 0 Å². The van der Waals surface area contributed by atoms with Crippen LogP contribution >= 0.6 is 0 Å². The van der Waals surface area contributed by atoms with Crippen LogP contribution in [0.2, 0.25) is 0 Å². The summed E-state index contributed by atoms with van der Waals surface area (Å²) >= 11 is 0. The highest BCUT2D eigenvalue weighted by atomic mass is 16.1. The molecule has 1 amide bonds. The van der Waals surface area contributed by atoms with E-state index in [9.17, 15) is 4.79 Å². The predicted octanol–water partition coefficient (Wildman–Crippen LogP) is 0.843. The minimum Gasteiger partial charge on any atom is -0.355 e. The molecule has 1 aliphatic carbocycles. The Morgan fingerprint density at radius 2 is 2.56 bits per heavy atom. The Labute approximate surface area is 54.9 Å². The van der Waals surface area contributed by atoms with E-state index in [1.165, 1.54) is 0 Å². The van der Waals surface area contributed by atoms with Gasteiger partial charge >= 0.3 is 0 Å². The van der Waals surface area contributed by atoms with E-state index in [4.69, 9.17) is 0 Å². The third-order valence-electron chi connectivity index (χ3n) is 1.56. The van der Waals surface area contributed by atoms with Gasteiger partial charge in [-0.3, -0.25) is 4.79 Å². The van der Waals surface area contributed by atoms with Crippen molar-refractivity contribution in [2.75, 3.05) is 7.05 Å². The third-order valence-corrected chi connectivity index (χ3v) is 1.56. The molecule has 0 saturated heterocycles. The second kappa shape index (κ2) is 2.67. The van der Waals surface area contributed by atoms with Crippen LogP contribution in [0.1, 0.15) is 19.3 Å². The average molecular weight is 125 g/mol. The molecule has 0 bridgehead atoms. The van der Waals surface area contributed by atoms with Gasteiger partial charge in [0.05, 0.1) is 0 Å². The van der Waals surface area contributed by atoms with Gasteiger partial charge < -0.3 is 5.32 Å². The summed E-state index contributed by atoms with van der Waals surface area (Å²) in [6.07, 6.45) is 5.18. The molecule has 0 aromatic carbocycles. The minimum absolute atomic E-state index is 0.0903. The van der Waals surface area contributed by atoms with Gasteiger partial charge in [0.1, 0.15) is 0 Å². The van der Waals surface area contributed by atoms with Crippen LogP contribution in [0.5, 0.6) is 0 Å². The summed E-state index contributed by atoms with van der Waals surface area (Å²) in [5, 5.41) is 2.60. The summed E-state index contributed by atoms with van der Waals surface area (Å²) in [7, 11) is 1.67. The van der Waals surface area contributed by atoms with Crippen molar-refractivity contribution < 1.29 is 4.79 Å². The van der Waals surface area contributed by atoms with Gasteiger partial charge in [-0.05, 0) is 19.3 Å². The molecule has 50 valence electrons. The molecule has 9 heavy (non-hydrogen) atoms. The summed E-state index contributed by atoms with van der Waals surface area (Å²) in [5.41, 5.74) is 0.956. The first-order chi connectivity index (χ1) is 4.34. The van der Waals surface area contributed by atoms with E-state index >= 15 is 0 Å². The molecule has 0 aliphatic heterocycles. The second-order valence-electron chi connectivity index (χ2n) is 2.20. The first kappa shape index (κ1) is 6.33. The van der Waals surface area contributed by atoms with Crippen molar-refractivity contribution >= 4 is 5.91 Å². The lowest BCUT2D eigenvalue weighted by Gasteiger charge is -1.96. The molecule has 0 saturated carbocycles. The summed E-state index contributed by atoms with van der Waals surface area (Å²) in [5.74, 6) is 0.0903. The summed E-state index contributed by atoms with van der Waals surface area (Å²) in [6.45, 7) is 0. The van der Waals surface area contributed by atoms with Crippen LogP contribution in [-0.4, -0.2) is 13.0 Å². The number of rotatable bonds is 1. The molecule has 0 spiro atoms. The molecule has 2 heteroatoms. The lowest BCUT2D eigenvalue weighted by Crippen LogP contribution is -2.18. The van der Waals surface area contributed by atoms with Crippen LogP contribution in [0.25, 0.3) is 0 Å². The van der Waals surface area contributed by atoms with Gasteiger partial charge in [0.25, 0.3) is 0 Å². The van der Waals surface area contributed by atoms with Gasteiger partial charge in [-0.2, -0.15) is 0 Å². The molecule has 0 aromatic rings. The van der Waals surface area contributed by atoms with Crippen molar-refractivity contribution in [3.05, 3.63) is 11.6 Å². The molecule has 0 heterocycles. The van der Waals surface area contributed by atoms with Crippen LogP contribution in [0, 0.1) is 0 Å². The molecule has 1 aliphatic rings. The predicted molar refractivity (Wildman–Crippen MR) is 36.0 cm³/mol. The Morgan fingerprint density at radius 1 is 1.78 bits per heavy atom. The highest BCUT2D eigenvalue weighted by Gasteiger charge is 2.10. The Balaban J connectivity index is 2.51. The average Bonchev–Trinajstić information content (AvgIpc) is 2.37. The van der Waals surface area contributed by atoms with Crippen LogP contribution in [0.15, 0.2) is 11.6 Å². The fraction of sp³-hybridized carbons (Fsp3) is 0.571. The third kappa shape index (κ3) is 1.31. The van der Waals surface area contributed by atoms with Crippen LogP contribution in [-0.2, 0) is 4.79 Å². The Kier molecular flexibility index (Phi) is 1.88. The van der Waals surface area contributed by atoms with Crippen molar-refractivity contribution in [1.82, 2.24) is 5.32 Å². The Morgan fingerprint density at radius 3 is 3.00 bits per heavy atom. The van der Waals surface area contributed by atoms with Crippen molar-refractivity contribution in [3.8, 4) is 0 Å². The minimum atomic E-state index is 0.0903. The van der Waals surface area contributed by atoms with Crippen molar-refractivity contribution in [1.29, 1.82) is 0 Å². The van der Waals surface area contributed by atoms with Crippen molar-refractivity contribution in [3.63, 3.8) is 0 Å². The number of carbonyl (C=O) groups excluding carboxylic acids is 1. The van der Waals surface area contributed by atoms with Gasteiger partial charge in [-0.15, -0.1) is 0 Å². The zero-order chi connectivity index (χ0) is 6.69. The Hall–Kier alpha value is -0.790. The van der Waals surface area contributed by atoms with Gasteiger partial charge in [0.2, 0.25) is 5.91 Å². The van der Waals surface area contributed by atoms with E-state index in [1.54, 1.807) is 7.05 Å². The van der Waals surface area contributed by atoms with Gasteiger partial charge in [0.15, 0.2) is 0 Å². The fourth-order valence-corrected chi connectivity index (χ4v) is 1.04. The van der Waals surface area contributed by atoms with Crippen molar-refractivity contribution in [2.24, 2.45) is 0 Å². The maximum atomic E-state index is 10.8. The zero-order valence-electron chi connectivity index (χ0n) is 5.61. The molecule has 0 fully saturated rings. The second-order valence-corrected chi connectivity index (χ2v) is 2.20. The van der Waals surface area contributed by atoms with Gasteiger partial charge in [0, 0.05) is 12.6 Å². The number of hydrogen-bond acceptors (Lipinski definition) is 1. The SMILES string of the molecule is CNC(=O)C1=CCCC1.